The number of hydrogen-bond acceptors (Lipinski definition) is 3. The fourth-order valence-corrected chi connectivity index (χ4v) is 4.20. The van der Waals surface area contributed by atoms with Crippen LogP contribution >= 0.6 is 11.6 Å². The Morgan fingerprint density at radius 3 is 2.52 bits per heavy atom. The summed E-state index contributed by atoms with van der Waals surface area (Å²) in [5.41, 5.74) is 6.57. The highest BCUT2D eigenvalue weighted by atomic mass is 35.5. The summed E-state index contributed by atoms with van der Waals surface area (Å²) in [5.74, 6) is 0.401. The van der Waals surface area contributed by atoms with Gasteiger partial charge in [0.25, 0.3) is 0 Å². The van der Waals surface area contributed by atoms with Gasteiger partial charge >= 0.3 is 0 Å². The number of anilines is 1. The predicted octanol–water partition coefficient (Wildman–Crippen LogP) is 4.18. The van der Waals surface area contributed by atoms with E-state index in [0.717, 1.165) is 43.9 Å². The van der Waals surface area contributed by atoms with Crippen LogP contribution in [0, 0.1) is 11.2 Å². The largest absolute Gasteiger partial charge is 0.340 e. The van der Waals surface area contributed by atoms with E-state index in [1.165, 1.54) is 38.2 Å². The summed E-state index contributed by atoms with van der Waals surface area (Å²) >= 11 is 5.97. The van der Waals surface area contributed by atoms with Crippen LogP contribution in [-0.2, 0) is 0 Å². The summed E-state index contributed by atoms with van der Waals surface area (Å²) in [7, 11) is 0. The second-order valence-corrected chi connectivity index (χ2v) is 9.48. The van der Waals surface area contributed by atoms with E-state index in [0.29, 0.717) is 13.1 Å². The van der Waals surface area contributed by atoms with Crippen LogP contribution < -0.4 is 11.1 Å². The fourth-order valence-electron chi connectivity index (χ4n) is 4.02. The average molecular weight is 424 g/mol. The zero-order chi connectivity index (χ0) is 20.9. The third kappa shape index (κ3) is 6.30. The van der Waals surface area contributed by atoms with Gasteiger partial charge < -0.3 is 16.0 Å². The summed E-state index contributed by atoms with van der Waals surface area (Å²) in [4.78, 5) is 9.81. The molecule has 1 aromatic carbocycles. The summed E-state index contributed by atoms with van der Waals surface area (Å²) in [6.45, 7) is 9.39. The number of piperazine rings is 1. The summed E-state index contributed by atoms with van der Waals surface area (Å²) in [6, 6.07) is 5.43. The number of nitrogens with two attached hydrogens (primary N) is 1. The summed E-state index contributed by atoms with van der Waals surface area (Å²) < 4.78 is 13.5. The van der Waals surface area contributed by atoms with E-state index in [9.17, 15) is 4.39 Å². The Morgan fingerprint density at radius 1 is 1.21 bits per heavy atom. The van der Waals surface area contributed by atoms with Crippen molar-refractivity contribution in [2.75, 3.05) is 44.6 Å². The topological polar surface area (TPSA) is 56.9 Å². The van der Waals surface area contributed by atoms with E-state index >= 15 is 0 Å². The van der Waals surface area contributed by atoms with E-state index < -0.39 is 5.82 Å². The first-order chi connectivity index (χ1) is 13.9. The quantitative estimate of drug-likeness (QED) is 0.551. The van der Waals surface area contributed by atoms with Gasteiger partial charge in [0.15, 0.2) is 5.96 Å². The van der Waals surface area contributed by atoms with Crippen molar-refractivity contribution >= 4 is 23.2 Å². The minimum atomic E-state index is -0.416. The number of rotatable bonds is 5. The zero-order valence-corrected chi connectivity index (χ0v) is 18.5. The van der Waals surface area contributed by atoms with E-state index in [1.54, 1.807) is 12.1 Å². The second-order valence-electron chi connectivity index (χ2n) is 9.08. The second kappa shape index (κ2) is 10.1. The molecule has 162 valence electrons. The van der Waals surface area contributed by atoms with E-state index in [-0.39, 0.29) is 10.4 Å². The minimum Gasteiger partial charge on any atom is -0.340 e. The molecule has 0 aromatic heterocycles. The van der Waals surface area contributed by atoms with Gasteiger partial charge in [-0.25, -0.2) is 4.39 Å². The molecule has 0 bridgehead atoms. The maximum atomic E-state index is 13.5. The smallest absolute Gasteiger partial charge is 0.198 e. The Balaban J connectivity index is 1.69. The third-order valence-corrected chi connectivity index (χ3v) is 6.38. The molecule has 0 radical (unpaired) electrons. The van der Waals surface area contributed by atoms with Gasteiger partial charge in [0, 0.05) is 44.5 Å². The number of hydrogen-bond donors (Lipinski definition) is 2. The SMILES string of the molecule is CC(C)(CN)CN=C(Nc1ccc(F)c(Cl)c1)N1CCN(C2CCCCC2)CC1. The van der Waals surface area contributed by atoms with E-state index in [1.807, 2.05) is 0 Å². The highest BCUT2D eigenvalue weighted by molar-refractivity contribution is 6.31. The molecule has 1 aliphatic carbocycles. The van der Waals surface area contributed by atoms with Crippen LogP contribution in [0.2, 0.25) is 5.02 Å². The Morgan fingerprint density at radius 2 is 1.90 bits per heavy atom. The molecule has 1 aliphatic heterocycles. The number of halogens is 2. The Labute approximate surface area is 179 Å². The lowest BCUT2D eigenvalue weighted by Crippen LogP contribution is -2.53. The number of aliphatic imine (C=N–C) groups is 1. The van der Waals surface area contributed by atoms with Gasteiger partial charge in [-0.1, -0.05) is 44.7 Å². The van der Waals surface area contributed by atoms with Crippen LogP contribution in [0.4, 0.5) is 10.1 Å². The van der Waals surface area contributed by atoms with Crippen molar-refractivity contribution in [3.05, 3.63) is 29.0 Å². The monoisotopic (exact) mass is 423 g/mol. The lowest BCUT2D eigenvalue weighted by Gasteiger charge is -2.41. The number of guanidine groups is 1. The molecular weight excluding hydrogens is 389 g/mol. The summed E-state index contributed by atoms with van der Waals surface area (Å²) in [5, 5.41) is 3.48. The first kappa shape index (κ1) is 22.3. The number of nitrogens with one attached hydrogen (secondary N) is 1. The molecule has 0 unspecified atom stereocenters. The van der Waals surface area contributed by atoms with Gasteiger partial charge in [-0.2, -0.15) is 0 Å². The zero-order valence-electron chi connectivity index (χ0n) is 17.8. The molecule has 1 heterocycles. The van der Waals surface area contributed by atoms with Crippen molar-refractivity contribution in [3.8, 4) is 0 Å². The van der Waals surface area contributed by atoms with Gasteiger partial charge in [0.1, 0.15) is 5.82 Å². The molecule has 0 atom stereocenters. The molecular formula is C22H35ClFN5. The molecule has 1 saturated heterocycles. The molecule has 1 saturated carbocycles. The van der Waals surface area contributed by atoms with Crippen LogP contribution in [0.1, 0.15) is 46.0 Å². The molecule has 3 rings (SSSR count). The predicted molar refractivity (Wildman–Crippen MR) is 120 cm³/mol. The van der Waals surface area contributed by atoms with Gasteiger partial charge in [0.2, 0.25) is 0 Å². The summed E-state index contributed by atoms with van der Waals surface area (Å²) in [6.07, 6.45) is 6.77. The van der Waals surface area contributed by atoms with E-state index in [2.05, 4.69) is 29.0 Å². The van der Waals surface area contributed by atoms with Crippen LogP contribution in [0.3, 0.4) is 0 Å². The highest BCUT2D eigenvalue weighted by Gasteiger charge is 2.27. The average Bonchev–Trinajstić information content (AvgIpc) is 2.74. The van der Waals surface area contributed by atoms with Crippen molar-refractivity contribution in [2.45, 2.75) is 52.0 Å². The van der Waals surface area contributed by atoms with Crippen molar-refractivity contribution in [1.29, 1.82) is 0 Å². The number of nitrogens with zero attached hydrogens (tertiary/aromatic N) is 3. The van der Waals surface area contributed by atoms with Gasteiger partial charge in [-0.15, -0.1) is 0 Å². The molecule has 1 aromatic rings. The fraction of sp³-hybridized carbons (Fsp3) is 0.682. The van der Waals surface area contributed by atoms with Crippen molar-refractivity contribution in [1.82, 2.24) is 9.80 Å². The standard InChI is InChI=1S/C22H35ClFN5/c1-22(2,15-25)16-26-21(27-17-8-9-20(24)19(23)14-17)29-12-10-28(11-13-29)18-6-4-3-5-7-18/h8-9,14,18H,3-7,10-13,15-16,25H2,1-2H3,(H,26,27). The Hall–Kier alpha value is -1.37. The van der Waals surface area contributed by atoms with Crippen molar-refractivity contribution in [2.24, 2.45) is 16.1 Å². The first-order valence-corrected chi connectivity index (χ1v) is 11.2. The van der Waals surface area contributed by atoms with Gasteiger partial charge in [0.05, 0.1) is 5.02 Å². The van der Waals surface area contributed by atoms with Gasteiger partial charge in [-0.05, 0) is 43.0 Å². The molecule has 2 fully saturated rings. The first-order valence-electron chi connectivity index (χ1n) is 10.8. The molecule has 3 N–H and O–H groups in total. The molecule has 0 amide bonds. The van der Waals surface area contributed by atoms with Crippen LogP contribution in [0.5, 0.6) is 0 Å². The lowest BCUT2D eigenvalue weighted by atomic mass is 9.94. The molecule has 5 nitrogen and oxygen atoms in total. The Bertz CT molecular complexity index is 694. The Kier molecular flexibility index (Phi) is 7.77. The van der Waals surface area contributed by atoms with Crippen LogP contribution in [0.25, 0.3) is 0 Å². The maximum Gasteiger partial charge on any atom is 0.198 e. The van der Waals surface area contributed by atoms with Gasteiger partial charge in [-0.3, -0.25) is 9.89 Å². The number of benzene rings is 1. The van der Waals surface area contributed by atoms with E-state index in [4.69, 9.17) is 22.3 Å². The maximum absolute atomic E-state index is 13.5. The lowest BCUT2D eigenvalue weighted by molar-refractivity contribution is 0.107. The molecule has 2 aliphatic rings. The third-order valence-electron chi connectivity index (χ3n) is 6.09. The van der Waals surface area contributed by atoms with Crippen LogP contribution in [0.15, 0.2) is 23.2 Å². The minimum absolute atomic E-state index is 0.0721. The van der Waals surface area contributed by atoms with Crippen molar-refractivity contribution in [3.63, 3.8) is 0 Å². The normalized spacial score (nSPS) is 20.2. The highest BCUT2D eigenvalue weighted by Crippen LogP contribution is 2.24. The molecule has 29 heavy (non-hydrogen) atoms. The molecule has 7 heteroatoms. The molecule has 0 spiro atoms. The van der Waals surface area contributed by atoms with Crippen LogP contribution in [-0.4, -0.2) is 61.1 Å². The van der Waals surface area contributed by atoms with Crippen molar-refractivity contribution < 1.29 is 4.39 Å².